The van der Waals surface area contributed by atoms with Crippen molar-refractivity contribution in [1.29, 1.82) is 0 Å². The topological polar surface area (TPSA) is 20.7 Å². The van der Waals surface area contributed by atoms with E-state index >= 15 is 0 Å². The predicted molar refractivity (Wildman–Crippen MR) is 281 cm³/mol. The zero-order chi connectivity index (χ0) is 46.7. The Bertz CT molecular complexity index is 2970. The number of nitrogens with one attached hydrogen (secondary N) is 1. The minimum Gasteiger partial charge on any atom is -0.353 e. The molecule has 0 aliphatic heterocycles. The van der Waals surface area contributed by atoms with Gasteiger partial charge in [0.2, 0.25) is 0 Å². The van der Waals surface area contributed by atoms with Crippen LogP contribution < -0.4 is 0 Å². The van der Waals surface area contributed by atoms with E-state index in [1.807, 2.05) is 0 Å². The molecule has 0 saturated heterocycles. The fourth-order valence-electron chi connectivity index (χ4n) is 9.31. The first kappa shape index (κ1) is 45.2. The second-order valence-corrected chi connectivity index (χ2v) is 25.0. The highest BCUT2D eigenvalue weighted by Gasteiger charge is 2.27. The lowest BCUT2D eigenvalue weighted by molar-refractivity contribution is 0.589. The van der Waals surface area contributed by atoms with E-state index in [4.69, 9.17) is 0 Å². The highest BCUT2D eigenvalue weighted by atomic mass is 15.0. The van der Waals surface area contributed by atoms with E-state index in [1.54, 1.807) is 0 Å². The van der Waals surface area contributed by atoms with E-state index in [2.05, 4.69) is 249 Å². The van der Waals surface area contributed by atoms with Gasteiger partial charge in [-0.2, -0.15) is 0 Å². The maximum Gasteiger partial charge on any atom is 0.0545 e. The van der Waals surface area contributed by atoms with Gasteiger partial charge in [-0.15, -0.1) is 0 Å². The van der Waals surface area contributed by atoms with Crippen LogP contribution in [0.15, 0.2) is 115 Å². The second-order valence-electron chi connectivity index (χ2n) is 25.0. The summed E-state index contributed by atoms with van der Waals surface area (Å²) in [6.45, 7) is 41.8. The van der Waals surface area contributed by atoms with Crippen molar-refractivity contribution in [3.63, 3.8) is 0 Å². The van der Waals surface area contributed by atoms with Crippen LogP contribution in [0.3, 0.4) is 0 Å². The monoisotopic (exact) mass is 847 g/mol. The first-order chi connectivity index (χ1) is 29.5. The lowest BCUT2D eigenvalue weighted by atomic mass is 9.81. The Kier molecular flexibility index (Phi) is 10.7. The summed E-state index contributed by atoms with van der Waals surface area (Å²) in [7, 11) is 0. The number of aromatic nitrogens is 2. The highest BCUT2D eigenvalue weighted by molar-refractivity contribution is 6.11. The van der Waals surface area contributed by atoms with Gasteiger partial charge in [0.1, 0.15) is 0 Å². The van der Waals surface area contributed by atoms with Gasteiger partial charge in [-0.05, 0) is 131 Å². The summed E-state index contributed by atoms with van der Waals surface area (Å²) in [5, 5.41) is 3.87. The van der Waals surface area contributed by atoms with Gasteiger partial charge in [0.25, 0.3) is 0 Å². The molecule has 2 heterocycles. The molecule has 2 heteroatoms. The van der Waals surface area contributed by atoms with Crippen LogP contribution in [0.25, 0.3) is 71.9 Å². The lowest BCUT2D eigenvalue weighted by Gasteiger charge is -2.24. The van der Waals surface area contributed by atoms with Crippen molar-refractivity contribution < 1.29 is 0 Å². The molecule has 332 valence electrons. The largest absolute Gasteiger partial charge is 0.353 e. The fourth-order valence-corrected chi connectivity index (χ4v) is 9.31. The van der Waals surface area contributed by atoms with Gasteiger partial charge in [-0.25, -0.2) is 0 Å². The number of H-pyrrole nitrogens is 1. The Morgan fingerprint density at radius 3 is 1.16 bits per heavy atom. The summed E-state index contributed by atoms with van der Waals surface area (Å²) in [5.41, 5.74) is 20.1. The third-order valence-corrected chi connectivity index (χ3v) is 13.7. The zero-order valence-electron chi connectivity index (χ0n) is 42.4. The van der Waals surface area contributed by atoms with Crippen LogP contribution in [0.5, 0.6) is 0 Å². The Labute approximate surface area is 385 Å². The molecule has 0 atom stereocenters. The molecule has 8 rings (SSSR count). The molecule has 0 aliphatic carbocycles. The molecule has 6 aromatic carbocycles. The summed E-state index contributed by atoms with van der Waals surface area (Å²) in [4.78, 5) is 4.13. The van der Waals surface area contributed by atoms with Crippen LogP contribution in [-0.4, -0.2) is 9.55 Å². The summed E-state index contributed by atoms with van der Waals surface area (Å²) < 4.78 is 2.53. The number of hydrogen-bond acceptors (Lipinski definition) is 0. The van der Waals surface area contributed by atoms with Crippen LogP contribution >= 0.6 is 0 Å². The van der Waals surface area contributed by atoms with Crippen LogP contribution in [0, 0.1) is 0 Å². The fraction of sp³-hybridized carbons (Fsp3) is 0.387. The Hall–Kier alpha value is -5.34. The van der Waals surface area contributed by atoms with Crippen LogP contribution in [0.1, 0.15) is 158 Å². The molecule has 1 N–H and O–H groups in total. The van der Waals surface area contributed by atoms with Gasteiger partial charge in [-0.3, -0.25) is 0 Å². The summed E-state index contributed by atoms with van der Waals surface area (Å²) in [6, 6.07) is 45.3. The zero-order valence-corrected chi connectivity index (χ0v) is 42.4. The number of nitrogens with zero attached hydrogens (tertiary/aromatic N) is 1. The van der Waals surface area contributed by atoms with Crippen molar-refractivity contribution in [2.24, 2.45) is 0 Å². The Morgan fingerprint density at radius 1 is 0.328 bits per heavy atom. The third kappa shape index (κ3) is 8.39. The standard InChI is InChI=1S/C62H74N2/c1-57(2,3)41-23-19-38(20-24-41)54-51-37-46(62(16,17)18)36-48(56(51)63-55(54)39-21-25-42(26-22-39)58(4,5)6)40-31-45(61(13,14)15)33-47(32-40)64-52-29-27-43(59(7,8)9)34-49(52)50-35-44(60(10,11)12)28-30-53(50)64/h19-37,63H,1-18H3. The third-order valence-electron chi connectivity index (χ3n) is 13.7. The summed E-state index contributed by atoms with van der Waals surface area (Å²) >= 11 is 0. The van der Waals surface area contributed by atoms with E-state index in [-0.39, 0.29) is 32.5 Å². The van der Waals surface area contributed by atoms with Crippen LogP contribution in [0.4, 0.5) is 0 Å². The smallest absolute Gasteiger partial charge is 0.0545 e. The van der Waals surface area contributed by atoms with Crippen molar-refractivity contribution in [2.75, 3.05) is 0 Å². The molecule has 0 saturated carbocycles. The Balaban J connectivity index is 1.47. The molecule has 0 spiro atoms. The Morgan fingerprint density at radius 2 is 0.719 bits per heavy atom. The molecule has 64 heavy (non-hydrogen) atoms. The van der Waals surface area contributed by atoms with Crippen LogP contribution in [0.2, 0.25) is 0 Å². The summed E-state index contributed by atoms with van der Waals surface area (Å²) in [5.74, 6) is 0. The molecule has 0 unspecified atom stereocenters. The molecular formula is C62H74N2. The average Bonchev–Trinajstić information content (AvgIpc) is 3.74. The molecule has 2 aromatic heterocycles. The minimum absolute atomic E-state index is 0.0318. The molecule has 2 nitrogen and oxygen atoms in total. The van der Waals surface area contributed by atoms with Gasteiger partial charge < -0.3 is 9.55 Å². The van der Waals surface area contributed by atoms with Gasteiger partial charge >= 0.3 is 0 Å². The number of hydrogen-bond donors (Lipinski definition) is 1. The van der Waals surface area contributed by atoms with Crippen molar-refractivity contribution in [3.05, 3.63) is 149 Å². The normalized spacial score (nSPS) is 13.5. The van der Waals surface area contributed by atoms with Crippen molar-refractivity contribution in [3.8, 4) is 39.2 Å². The van der Waals surface area contributed by atoms with Crippen molar-refractivity contribution in [1.82, 2.24) is 9.55 Å². The highest BCUT2D eigenvalue weighted by Crippen LogP contribution is 2.46. The maximum atomic E-state index is 4.13. The molecule has 0 radical (unpaired) electrons. The van der Waals surface area contributed by atoms with Crippen molar-refractivity contribution in [2.45, 2.75) is 157 Å². The van der Waals surface area contributed by atoms with E-state index in [0.717, 1.165) is 5.69 Å². The predicted octanol–water partition coefficient (Wildman–Crippen LogP) is 18.1. The number of benzene rings is 6. The molecule has 8 aromatic rings. The molecule has 0 amide bonds. The summed E-state index contributed by atoms with van der Waals surface area (Å²) in [6.07, 6.45) is 0. The van der Waals surface area contributed by atoms with Gasteiger partial charge in [0.05, 0.1) is 22.2 Å². The number of rotatable bonds is 4. The van der Waals surface area contributed by atoms with E-state index in [9.17, 15) is 0 Å². The minimum atomic E-state index is -0.0985. The quantitative estimate of drug-likeness (QED) is 0.182. The van der Waals surface area contributed by atoms with Crippen LogP contribution in [-0.2, 0) is 32.5 Å². The molecular weight excluding hydrogens is 773 g/mol. The van der Waals surface area contributed by atoms with Crippen molar-refractivity contribution >= 4 is 32.7 Å². The average molecular weight is 847 g/mol. The first-order valence-electron chi connectivity index (χ1n) is 23.7. The molecule has 0 bridgehead atoms. The van der Waals surface area contributed by atoms with E-state index < -0.39 is 0 Å². The maximum absolute atomic E-state index is 4.13. The first-order valence-corrected chi connectivity index (χ1v) is 23.7. The van der Waals surface area contributed by atoms with E-state index in [0.29, 0.717) is 0 Å². The van der Waals surface area contributed by atoms with E-state index in [1.165, 1.54) is 99.6 Å². The number of fused-ring (bicyclic) bond motifs is 4. The second kappa shape index (κ2) is 15.1. The molecule has 0 fully saturated rings. The lowest BCUT2D eigenvalue weighted by Crippen LogP contribution is -2.13. The van der Waals surface area contributed by atoms with Gasteiger partial charge in [0, 0.05) is 33.0 Å². The molecule has 0 aliphatic rings. The number of aromatic amines is 1. The van der Waals surface area contributed by atoms with Gasteiger partial charge in [0.15, 0.2) is 0 Å². The van der Waals surface area contributed by atoms with Gasteiger partial charge in [-0.1, -0.05) is 191 Å². The SMILES string of the molecule is CC(C)(C)c1ccc(-c2[nH]c3c(-c4cc(-n5c6ccc(C(C)(C)C)cc6c6cc(C(C)(C)C)ccc65)cc(C(C)(C)C)c4)cc(C(C)(C)C)cc3c2-c2ccc(C(C)(C)C)cc2)cc1.